The predicted molar refractivity (Wildman–Crippen MR) is 110 cm³/mol. The summed E-state index contributed by atoms with van der Waals surface area (Å²) in [5, 5.41) is 3.27. The van der Waals surface area contributed by atoms with Crippen LogP contribution in [0.1, 0.15) is 69.6 Å². The van der Waals surface area contributed by atoms with E-state index in [9.17, 15) is 4.79 Å². The summed E-state index contributed by atoms with van der Waals surface area (Å²) in [7, 11) is 0. The Labute approximate surface area is 159 Å². The molecule has 0 bridgehead atoms. The minimum atomic E-state index is 0.202. The summed E-state index contributed by atoms with van der Waals surface area (Å²) in [6.07, 6.45) is 9.11. The second-order valence-corrected chi connectivity index (χ2v) is 8.84. The van der Waals surface area contributed by atoms with E-state index in [1.807, 2.05) is 0 Å². The highest BCUT2D eigenvalue weighted by molar-refractivity contribution is 5.79. The van der Waals surface area contributed by atoms with Gasteiger partial charge in [-0.25, -0.2) is 0 Å². The highest BCUT2D eigenvalue weighted by Gasteiger charge is 2.35. The number of nitrogens with one attached hydrogen (secondary N) is 1. The van der Waals surface area contributed by atoms with Crippen molar-refractivity contribution in [2.75, 3.05) is 6.54 Å². The summed E-state index contributed by atoms with van der Waals surface area (Å²) in [5.74, 6) is 2.30. The Bertz CT molecular complexity index is 673. The largest absolute Gasteiger partial charge is 0.356 e. The summed E-state index contributed by atoms with van der Waals surface area (Å²) in [5.41, 5.74) is 5.70. The van der Waals surface area contributed by atoms with E-state index in [-0.39, 0.29) is 11.8 Å². The fourth-order valence-electron chi connectivity index (χ4n) is 5.03. The molecule has 2 aliphatic rings. The topological polar surface area (TPSA) is 29.1 Å². The molecule has 2 aliphatic carbocycles. The number of amides is 1. The molecular formula is C24H35NO. The lowest BCUT2D eigenvalue weighted by molar-refractivity contribution is -0.129. The van der Waals surface area contributed by atoms with E-state index in [1.165, 1.54) is 35.1 Å². The molecule has 0 unspecified atom stereocenters. The van der Waals surface area contributed by atoms with Gasteiger partial charge in [-0.15, -0.1) is 0 Å². The Morgan fingerprint density at radius 1 is 1.27 bits per heavy atom. The van der Waals surface area contributed by atoms with Gasteiger partial charge in [-0.2, -0.15) is 0 Å². The molecule has 0 radical (unpaired) electrons. The zero-order valence-corrected chi connectivity index (χ0v) is 17.0. The van der Waals surface area contributed by atoms with Gasteiger partial charge in [-0.3, -0.25) is 4.79 Å². The first-order valence-corrected chi connectivity index (χ1v) is 10.5. The molecule has 3 atom stereocenters. The molecule has 26 heavy (non-hydrogen) atoms. The summed E-state index contributed by atoms with van der Waals surface area (Å²) in [6.45, 7) is 9.80. The fourth-order valence-corrected chi connectivity index (χ4v) is 5.03. The van der Waals surface area contributed by atoms with Crippen molar-refractivity contribution < 1.29 is 4.79 Å². The van der Waals surface area contributed by atoms with Gasteiger partial charge in [0, 0.05) is 12.5 Å². The van der Waals surface area contributed by atoms with Gasteiger partial charge in [0.15, 0.2) is 0 Å². The van der Waals surface area contributed by atoms with E-state index in [4.69, 9.17) is 0 Å². The second kappa shape index (κ2) is 8.41. The van der Waals surface area contributed by atoms with Crippen molar-refractivity contribution in [2.24, 2.45) is 23.7 Å². The van der Waals surface area contributed by atoms with E-state index >= 15 is 0 Å². The van der Waals surface area contributed by atoms with E-state index in [2.05, 4.69) is 57.3 Å². The van der Waals surface area contributed by atoms with Crippen LogP contribution in [-0.2, 0) is 11.2 Å². The monoisotopic (exact) mass is 353 g/mol. The van der Waals surface area contributed by atoms with Gasteiger partial charge < -0.3 is 5.32 Å². The number of benzene rings is 1. The number of rotatable bonds is 5. The minimum Gasteiger partial charge on any atom is -0.356 e. The van der Waals surface area contributed by atoms with Gasteiger partial charge in [0.25, 0.3) is 0 Å². The molecule has 0 aromatic heterocycles. The van der Waals surface area contributed by atoms with Crippen molar-refractivity contribution in [3.8, 4) is 0 Å². The van der Waals surface area contributed by atoms with Crippen LogP contribution in [0.25, 0.3) is 5.57 Å². The summed E-state index contributed by atoms with van der Waals surface area (Å²) < 4.78 is 0. The van der Waals surface area contributed by atoms with E-state index < -0.39 is 0 Å². The normalized spacial score (nSPS) is 25.6. The summed E-state index contributed by atoms with van der Waals surface area (Å²) >= 11 is 0. The number of hydrogen-bond donors (Lipinski definition) is 1. The molecule has 1 amide bonds. The molecule has 1 saturated carbocycles. The van der Waals surface area contributed by atoms with Gasteiger partial charge in [-0.1, -0.05) is 51.5 Å². The molecule has 0 spiro atoms. The molecule has 3 rings (SSSR count). The van der Waals surface area contributed by atoms with Crippen LogP contribution in [0.2, 0.25) is 0 Å². The Balaban J connectivity index is 1.59. The molecule has 0 heterocycles. The molecule has 2 heteroatoms. The maximum Gasteiger partial charge on any atom is 0.223 e. The van der Waals surface area contributed by atoms with Gasteiger partial charge in [0.2, 0.25) is 5.91 Å². The molecule has 142 valence electrons. The summed E-state index contributed by atoms with van der Waals surface area (Å²) in [4.78, 5) is 12.9. The lowest BCUT2D eigenvalue weighted by Crippen LogP contribution is -2.40. The lowest BCUT2D eigenvalue weighted by atomic mass is 9.70. The van der Waals surface area contributed by atoms with Crippen LogP contribution in [0, 0.1) is 30.6 Å². The highest BCUT2D eigenvalue weighted by atomic mass is 16.1. The van der Waals surface area contributed by atoms with Crippen molar-refractivity contribution in [3.05, 3.63) is 41.0 Å². The third kappa shape index (κ3) is 4.22. The van der Waals surface area contributed by atoms with Crippen molar-refractivity contribution >= 4 is 11.5 Å². The van der Waals surface area contributed by atoms with Gasteiger partial charge >= 0.3 is 0 Å². The zero-order chi connectivity index (χ0) is 18.7. The standard InChI is InChI=1S/C24H35NO/c1-16(2)20-12-11-17(3)15-23(20)24(26)25-14-13-19-8-6-9-21-18(4)7-5-10-22(19)21/h5,7-8,10,16-17,20,23H,6,9,11-15H2,1-4H3,(H,25,26)/t17-,20+,23-/m1/s1. The predicted octanol–water partition coefficient (Wildman–Crippen LogP) is 5.54. The molecule has 1 fully saturated rings. The highest BCUT2D eigenvalue weighted by Crippen LogP contribution is 2.38. The Morgan fingerprint density at radius 2 is 2.08 bits per heavy atom. The van der Waals surface area contributed by atoms with Crippen LogP contribution < -0.4 is 5.32 Å². The zero-order valence-electron chi connectivity index (χ0n) is 17.0. The van der Waals surface area contributed by atoms with Crippen LogP contribution in [0.5, 0.6) is 0 Å². The van der Waals surface area contributed by atoms with Crippen LogP contribution in [0.15, 0.2) is 24.3 Å². The molecule has 1 N–H and O–H groups in total. The Kier molecular flexibility index (Phi) is 6.21. The average Bonchev–Trinajstić information content (AvgIpc) is 2.62. The van der Waals surface area contributed by atoms with E-state index in [0.717, 1.165) is 32.2 Å². The van der Waals surface area contributed by atoms with Crippen molar-refractivity contribution in [1.29, 1.82) is 0 Å². The first-order valence-electron chi connectivity index (χ1n) is 10.5. The number of carbonyl (C=O) groups excluding carboxylic acids is 1. The van der Waals surface area contributed by atoms with E-state index in [0.29, 0.717) is 17.8 Å². The quantitative estimate of drug-likeness (QED) is 0.740. The summed E-state index contributed by atoms with van der Waals surface area (Å²) in [6, 6.07) is 6.61. The second-order valence-electron chi connectivity index (χ2n) is 8.84. The van der Waals surface area contributed by atoms with Crippen molar-refractivity contribution in [3.63, 3.8) is 0 Å². The first-order chi connectivity index (χ1) is 12.5. The number of fused-ring (bicyclic) bond motifs is 1. The SMILES string of the molecule is Cc1cccc2c1CCC=C2CCNC(=O)[C@@H]1C[C@H](C)CC[C@H]1C(C)C. The van der Waals surface area contributed by atoms with Crippen molar-refractivity contribution in [2.45, 2.75) is 66.2 Å². The van der Waals surface area contributed by atoms with Gasteiger partial charge in [0.1, 0.15) is 0 Å². The molecule has 2 nitrogen and oxygen atoms in total. The lowest BCUT2D eigenvalue weighted by Gasteiger charge is -2.36. The maximum atomic E-state index is 12.9. The van der Waals surface area contributed by atoms with Crippen LogP contribution in [-0.4, -0.2) is 12.5 Å². The number of allylic oxidation sites excluding steroid dienone is 1. The molecular weight excluding hydrogens is 318 g/mol. The fraction of sp³-hybridized carbons (Fsp3) is 0.625. The van der Waals surface area contributed by atoms with Crippen LogP contribution in [0.4, 0.5) is 0 Å². The van der Waals surface area contributed by atoms with Crippen LogP contribution in [0.3, 0.4) is 0 Å². The van der Waals surface area contributed by atoms with Gasteiger partial charge in [-0.05, 0) is 79.0 Å². The molecule has 1 aromatic carbocycles. The van der Waals surface area contributed by atoms with Crippen LogP contribution >= 0.6 is 0 Å². The van der Waals surface area contributed by atoms with E-state index in [1.54, 1.807) is 0 Å². The van der Waals surface area contributed by atoms with Gasteiger partial charge in [0.05, 0.1) is 0 Å². The third-order valence-corrected chi connectivity index (χ3v) is 6.59. The third-order valence-electron chi connectivity index (χ3n) is 6.59. The number of aryl methyl sites for hydroxylation is 1. The average molecular weight is 354 g/mol. The molecule has 0 saturated heterocycles. The number of hydrogen-bond acceptors (Lipinski definition) is 1. The maximum absolute atomic E-state index is 12.9. The molecule has 0 aliphatic heterocycles. The minimum absolute atomic E-state index is 0.202. The smallest absolute Gasteiger partial charge is 0.223 e. The Hall–Kier alpha value is -1.57. The number of carbonyl (C=O) groups is 1. The first kappa shape index (κ1) is 19.2. The Morgan fingerprint density at radius 3 is 2.85 bits per heavy atom. The van der Waals surface area contributed by atoms with Crippen molar-refractivity contribution in [1.82, 2.24) is 5.32 Å². The molecule has 1 aromatic rings.